The van der Waals surface area contributed by atoms with Crippen LogP contribution in [-0.4, -0.2) is 54.4 Å². The second-order valence-electron chi connectivity index (χ2n) is 11.7. The van der Waals surface area contributed by atoms with Crippen molar-refractivity contribution < 1.29 is 24.6 Å². The highest BCUT2D eigenvalue weighted by atomic mass is 16.4. The Balaban J connectivity index is 1.09. The number of carboxylic acids is 1. The summed E-state index contributed by atoms with van der Waals surface area (Å²) in [5.74, 6) is -2.77. The zero-order valence-electron chi connectivity index (χ0n) is 25.0. The van der Waals surface area contributed by atoms with Crippen LogP contribution in [0.3, 0.4) is 0 Å². The second-order valence-corrected chi connectivity index (χ2v) is 11.7. The molecule has 0 bridgehead atoms. The van der Waals surface area contributed by atoms with Gasteiger partial charge in [0.1, 0.15) is 22.8 Å². The molecule has 15 nitrogen and oxygen atoms in total. The predicted octanol–water partition coefficient (Wildman–Crippen LogP) is 0.925. The number of nitrogen functional groups attached to an aromatic ring is 1. The van der Waals surface area contributed by atoms with Gasteiger partial charge in [0.15, 0.2) is 0 Å². The average Bonchev–Trinajstić information content (AvgIpc) is 3.66. The maximum Gasteiger partial charge on any atom is 0.335 e. The standard InChI is InChI=1S/C32H28N8O7/c1-14-18-6-7-21(20(18)5-4-19(14)32(46)47)36-29(43)22-11-23(40-28(35-22)31(45)37-38-40)30(44)34-12-15-2-3-16-8-9-39(13-17(16)10-15)25-24(33)26(41)27(25)42/h2-5,10-11,21,45H,6-9,12-13,33H2,1H3,(H,34,44)(H,36,43)(H,46,47)/t21-/m0/s1. The number of hydrogen-bond donors (Lipinski definition) is 5. The monoisotopic (exact) mass is 636 g/mol. The first-order chi connectivity index (χ1) is 22.5. The summed E-state index contributed by atoms with van der Waals surface area (Å²) in [7, 11) is 0. The van der Waals surface area contributed by atoms with E-state index in [2.05, 4.69) is 25.9 Å². The summed E-state index contributed by atoms with van der Waals surface area (Å²) in [6.07, 6.45) is 1.80. The van der Waals surface area contributed by atoms with E-state index in [1.165, 1.54) is 12.1 Å². The number of rotatable bonds is 7. The van der Waals surface area contributed by atoms with Crippen molar-refractivity contribution in [1.29, 1.82) is 0 Å². The van der Waals surface area contributed by atoms with Crippen LogP contribution in [0.1, 0.15) is 77.2 Å². The van der Waals surface area contributed by atoms with E-state index in [-0.39, 0.29) is 40.5 Å². The maximum atomic E-state index is 13.4. The minimum Gasteiger partial charge on any atom is -0.489 e. The molecule has 0 fully saturated rings. The molecule has 1 aliphatic carbocycles. The van der Waals surface area contributed by atoms with Gasteiger partial charge in [0.05, 0.1) is 11.6 Å². The highest BCUT2D eigenvalue weighted by Gasteiger charge is 2.30. The Bertz CT molecular complexity index is 2230. The number of aromatic carboxylic acids is 1. The molecule has 3 heterocycles. The number of carbonyl (C=O) groups excluding carboxylic acids is 2. The molecular formula is C32H28N8O7. The van der Waals surface area contributed by atoms with E-state index in [1.54, 1.807) is 17.9 Å². The van der Waals surface area contributed by atoms with Crippen molar-refractivity contribution in [3.8, 4) is 5.88 Å². The normalized spacial score (nSPS) is 15.4. The van der Waals surface area contributed by atoms with Crippen LogP contribution in [0.4, 0.5) is 11.4 Å². The Kier molecular flexibility index (Phi) is 6.95. The molecule has 3 aromatic carbocycles. The lowest BCUT2D eigenvalue weighted by molar-refractivity contribution is 0.0695. The minimum atomic E-state index is -1.02. The smallest absolute Gasteiger partial charge is 0.335 e. The van der Waals surface area contributed by atoms with Crippen molar-refractivity contribution in [2.75, 3.05) is 17.2 Å². The first kappa shape index (κ1) is 29.6. The van der Waals surface area contributed by atoms with Crippen LogP contribution in [0, 0.1) is 6.92 Å². The van der Waals surface area contributed by atoms with Crippen molar-refractivity contribution in [3.05, 3.63) is 107 Å². The quantitative estimate of drug-likeness (QED) is 0.157. The molecule has 1 aliphatic heterocycles. The molecule has 0 spiro atoms. The fourth-order valence-electron chi connectivity index (χ4n) is 6.53. The van der Waals surface area contributed by atoms with E-state index in [9.17, 15) is 34.2 Å². The summed E-state index contributed by atoms with van der Waals surface area (Å²) in [6, 6.07) is 9.82. The number of carboxylic acid groups (broad SMARTS) is 1. The molecule has 2 aliphatic rings. The molecule has 1 atom stereocenters. The van der Waals surface area contributed by atoms with Crippen LogP contribution in [0.15, 0.2) is 46.0 Å². The summed E-state index contributed by atoms with van der Waals surface area (Å²) in [6.45, 7) is 2.79. The predicted molar refractivity (Wildman–Crippen MR) is 167 cm³/mol. The number of carbonyl (C=O) groups is 3. The molecule has 238 valence electrons. The number of fused-ring (bicyclic) bond motifs is 3. The molecule has 2 aromatic heterocycles. The Labute approximate surface area is 265 Å². The van der Waals surface area contributed by atoms with Crippen LogP contribution in [-0.2, 0) is 25.9 Å². The number of hydrogen-bond acceptors (Lipinski definition) is 11. The van der Waals surface area contributed by atoms with Gasteiger partial charge >= 0.3 is 5.97 Å². The van der Waals surface area contributed by atoms with E-state index < -0.39 is 40.6 Å². The first-order valence-corrected chi connectivity index (χ1v) is 14.9. The fourth-order valence-corrected chi connectivity index (χ4v) is 6.53. The Morgan fingerprint density at radius 2 is 1.85 bits per heavy atom. The van der Waals surface area contributed by atoms with Crippen molar-refractivity contribution in [2.24, 2.45) is 0 Å². The number of aromatic nitrogens is 4. The lowest BCUT2D eigenvalue weighted by Gasteiger charge is -2.32. The first-order valence-electron chi connectivity index (χ1n) is 14.9. The number of anilines is 2. The molecule has 6 N–H and O–H groups in total. The van der Waals surface area contributed by atoms with Crippen LogP contribution in [0.5, 0.6) is 5.88 Å². The SMILES string of the molecule is Cc1c(C(=O)O)ccc2c1CC[C@@H]2NC(=O)c1cc(C(=O)NCc2ccc3c(c2)CN(c2c(N)c(=O)c2=O)CC3)n2nnc(O)c2n1. The third-order valence-corrected chi connectivity index (χ3v) is 9.02. The number of benzene rings is 2. The average molecular weight is 637 g/mol. The molecule has 0 unspecified atom stereocenters. The Morgan fingerprint density at radius 1 is 1.04 bits per heavy atom. The molecule has 7 rings (SSSR count). The van der Waals surface area contributed by atoms with Gasteiger partial charge in [-0.15, -0.1) is 0 Å². The summed E-state index contributed by atoms with van der Waals surface area (Å²) in [5, 5.41) is 32.9. The Morgan fingerprint density at radius 3 is 2.62 bits per heavy atom. The van der Waals surface area contributed by atoms with Gasteiger partial charge in [0, 0.05) is 25.7 Å². The van der Waals surface area contributed by atoms with Crippen molar-refractivity contribution >= 4 is 34.8 Å². The van der Waals surface area contributed by atoms with Crippen LogP contribution in [0.2, 0.25) is 0 Å². The molecule has 0 saturated heterocycles. The van der Waals surface area contributed by atoms with Gasteiger partial charge in [-0.3, -0.25) is 19.2 Å². The van der Waals surface area contributed by atoms with Gasteiger partial charge in [-0.25, -0.2) is 9.78 Å². The van der Waals surface area contributed by atoms with Crippen molar-refractivity contribution in [3.63, 3.8) is 0 Å². The molecule has 2 amide bonds. The Hall–Kier alpha value is -6.12. The summed E-state index contributed by atoms with van der Waals surface area (Å²) in [5.41, 5.74) is 9.70. The largest absolute Gasteiger partial charge is 0.489 e. The summed E-state index contributed by atoms with van der Waals surface area (Å²) >= 11 is 0. The molecule has 47 heavy (non-hydrogen) atoms. The number of amides is 2. The summed E-state index contributed by atoms with van der Waals surface area (Å²) < 4.78 is 1.04. The van der Waals surface area contributed by atoms with E-state index in [0.717, 1.165) is 32.3 Å². The van der Waals surface area contributed by atoms with E-state index in [4.69, 9.17) is 5.73 Å². The lowest BCUT2D eigenvalue weighted by Crippen LogP contribution is -2.44. The van der Waals surface area contributed by atoms with E-state index >= 15 is 0 Å². The topological polar surface area (TPSA) is 222 Å². The number of aromatic hydroxyl groups is 1. The molecule has 15 heteroatoms. The number of nitrogens with two attached hydrogens (primary N) is 1. The lowest BCUT2D eigenvalue weighted by atomic mass is 9.96. The van der Waals surface area contributed by atoms with Crippen molar-refractivity contribution in [1.82, 2.24) is 30.4 Å². The second kappa shape index (κ2) is 11.0. The molecular weight excluding hydrogens is 608 g/mol. The van der Waals surface area contributed by atoms with Crippen molar-refractivity contribution in [2.45, 2.75) is 45.3 Å². The molecule has 5 aromatic rings. The third-order valence-electron chi connectivity index (χ3n) is 9.02. The fraction of sp³-hybridized carbons (Fsp3) is 0.250. The number of nitrogens with zero attached hydrogens (tertiary/aromatic N) is 5. The van der Waals surface area contributed by atoms with Crippen LogP contribution >= 0.6 is 0 Å². The maximum absolute atomic E-state index is 13.4. The molecule has 0 radical (unpaired) electrons. The van der Waals surface area contributed by atoms with Gasteiger partial charge in [-0.1, -0.05) is 34.6 Å². The van der Waals surface area contributed by atoms with E-state index in [1.807, 2.05) is 18.2 Å². The summed E-state index contributed by atoms with van der Waals surface area (Å²) in [4.78, 5) is 68.1. The highest BCUT2D eigenvalue weighted by Crippen LogP contribution is 2.35. The molecule has 0 saturated carbocycles. The third kappa shape index (κ3) is 4.92. The van der Waals surface area contributed by atoms with Gasteiger partial charge in [-0.05, 0) is 65.6 Å². The zero-order chi connectivity index (χ0) is 33.1. The van der Waals surface area contributed by atoms with E-state index in [0.29, 0.717) is 37.9 Å². The van der Waals surface area contributed by atoms with Crippen LogP contribution < -0.4 is 32.1 Å². The van der Waals surface area contributed by atoms with Gasteiger partial charge in [-0.2, -0.15) is 4.52 Å². The number of nitrogens with one attached hydrogen (secondary N) is 2. The van der Waals surface area contributed by atoms with Gasteiger partial charge in [0.25, 0.3) is 28.6 Å². The van der Waals surface area contributed by atoms with Crippen LogP contribution in [0.25, 0.3) is 5.65 Å². The van der Waals surface area contributed by atoms with Gasteiger partial charge < -0.3 is 31.5 Å². The zero-order valence-corrected chi connectivity index (χ0v) is 25.0. The highest BCUT2D eigenvalue weighted by molar-refractivity contribution is 5.98. The van der Waals surface area contributed by atoms with Gasteiger partial charge in [0.2, 0.25) is 5.65 Å². The minimum absolute atomic E-state index is 0.0183.